The second-order valence-electron chi connectivity index (χ2n) is 4.49. The van der Waals surface area contributed by atoms with E-state index in [9.17, 15) is 4.79 Å². The lowest BCUT2D eigenvalue weighted by atomic mass is 10.0. The summed E-state index contributed by atoms with van der Waals surface area (Å²) in [5.74, 6) is -0.0716. The molecule has 1 atom stereocenters. The summed E-state index contributed by atoms with van der Waals surface area (Å²) in [4.78, 5) is 14.3. The monoisotopic (exact) mass is 286 g/mol. The van der Waals surface area contributed by atoms with Crippen molar-refractivity contribution in [3.05, 3.63) is 33.8 Å². The van der Waals surface area contributed by atoms with Crippen LogP contribution < -0.4 is 5.73 Å². The van der Waals surface area contributed by atoms with Crippen LogP contribution in [-0.2, 0) is 0 Å². The molecular weight excluding hydrogens is 271 g/mol. The quantitative estimate of drug-likeness (QED) is 0.909. The largest absolute Gasteiger partial charge is 0.334 e. The first kappa shape index (κ1) is 13.7. The van der Waals surface area contributed by atoms with Gasteiger partial charge in [-0.25, -0.2) is 0 Å². The number of carbonyl (C=O) groups excluding carboxylic acids is 1. The molecule has 18 heavy (non-hydrogen) atoms. The third kappa shape index (κ3) is 2.63. The molecule has 0 radical (unpaired) electrons. The zero-order chi connectivity index (χ0) is 13.1. The number of benzene rings is 1. The van der Waals surface area contributed by atoms with Gasteiger partial charge in [-0.2, -0.15) is 0 Å². The number of nitrogens with two attached hydrogens (primary N) is 1. The van der Waals surface area contributed by atoms with Gasteiger partial charge in [-0.1, -0.05) is 29.3 Å². The lowest BCUT2D eigenvalue weighted by Crippen LogP contribution is -2.47. The Balaban J connectivity index is 2.27. The second kappa shape index (κ2) is 5.91. The minimum absolute atomic E-state index is 0.0716. The number of likely N-dealkylation sites (tertiary alicyclic amines) is 1. The molecule has 1 fully saturated rings. The van der Waals surface area contributed by atoms with Gasteiger partial charge in [0.25, 0.3) is 5.91 Å². The van der Waals surface area contributed by atoms with Crippen molar-refractivity contribution in [2.45, 2.75) is 25.3 Å². The highest BCUT2D eigenvalue weighted by atomic mass is 35.5. The van der Waals surface area contributed by atoms with Gasteiger partial charge in [-0.3, -0.25) is 4.79 Å². The average Bonchev–Trinajstić information content (AvgIpc) is 2.41. The van der Waals surface area contributed by atoms with Gasteiger partial charge in [0.05, 0.1) is 15.6 Å². The summed E-state index contributed by atoms with van der Waals surface area (Å²) in [5, 5.41) is 0.731. The number of nitrogens with zero attached hydrogens (tertiary/aromatic N) is 1. The molecule has 0 bridgehead atoms. The first-order chi connectivity index (χ1) is 8.65. The maximum absolute atomic E-state index is 12.5. The van der Waals surface area contributed by atoms with Gasteiger partial charge >= 0.3 is 0 Å². The summed E-state index contributed by atoms with van der Waals surface area (Å²) in [6.45, 7) is 1.23. The summed E-state index contributed by atoms with van der Waals surface area (Å²) < 4.78 is 0. The molecule has 2 N–H and O–H groups in total. The fourth-order valence-electron chi connectivity index (χ4n) is 2.34. The molecule has 1 aliphatic heterocycles. The SMILES string of the molecule is NCC1CCCCN1C(=O)c1cccc(Cl)c1Cl. The number of hydrogen-bond donors (Lipinski definition) is 1. The van der Waals surface area contributed by atoms with E-state index in [0.717, 1.165) is 25.8 Å². The number of halogens is 2. The zero-order valence-electron chi connectivity index (χ0n) is 10.0. The molecule has 3 nitrogen and oxygen atoms in total. The van der Waals surface area contributed by atoms with Crippen molar-refractivity contribution in [3.63, 3.8) is 0 Å². The molecular formula is C13H16Cl2N2O. The van der Waals surface area contributed by atoms with Gasteiger partial charge in [-0.05, 0) is 31.4 Å². The van der Waals surface area contributed by atoms with Crippen LogP contribution >= 0.6 is 23.2 Å². The van der Waals surface area contributed by atoms with Gasteiger partial charge in [0.15, 0.2) is 0 Å². The van der Waals surface area contributed by atoms with E-state index in [0.29, 0.717) is 22.2 Å². The summed E-state index contributed by atoms with van der Waals surface area (Å²) in [5.41, 5.74) is 6.19. The first-order valence-electron chi connectivity index (χ1n) is 6.10. The van der Waals surface area contributed by atoms with Crippen molar-refractivity contribution in [2.24, 2.45) is 5.73 Å². The van der Waals surface area contributed by atoms with Crippen LogP contribution in [-0.4, -0.2) is 29.9 Å². The molecule has 0 aromatic heterocycles. The van der Waals surface area contributed by atoms with Gasteiger partial charge in [0, 0.05) is 19.1 Å². The Morgan fingerprint density at radius 3 is 2.89 bits per heavy atom. The third-order valence-electron chi connectivity index (χ3n) is 3.34. The van der Waals surface area contributed by atoms with Crippen molar-refractivity contribution >= 4 is 29.1 Å². The van der Waals surface area contributed by atoms with Crippen LogP contribution in [0.5, 0.6) is 0 Å². The number of amides is 1. The maximum Gasteiger partial charge on any atom is 0.255 e. The summed E-state index contributed by atoms with van der Waals surface area (Å²) >= 11 is 12.0. The average molecular weight is 287 g/mol. The summed E-state index contributed by atoms with van der Waals surface area (Å²) in [6.07, 6.45) is 3.09. The zero-order valence-corrected chi connectivity index (χ0v) is 11.5. The molecule has 2 rings (SSSR count). The third-order valence-corrected chi connectivity index (χ3v) is 4.16. The van der Waals surface area contributed by atoms with Gasteiger partial charge in [-0.15, -0.1) is 0 Å². The molecule has 0 aliphatic carbocycles. The predicted molar refractivity (Wildman–Crippen MR) is 74.2 cm³/mol. The summed E-state index contributed by atoms with van der Waals surface area (Å²) in [6, 6.07) is 5.24. The molecule has 1 saturated heterocycles. The van der Waals surface area contributed by atoms with E-state index in [-0.39, 0.29) is 11.9 Å². The van der Waals surface area contributed by atoms with Gasteiger partial charge in [0.2, 0.25) is 0 Å². The number of piperidine rings is 1. The van der Waals surface area contributed by atoms with Gasteiger partial charge < -0.3 is 10.6 Å². The molecule has 1 heterocycles. The van der Waals surface area contributed by atoms with Crippen molar-refractivity contribution in [1.29, 1.82) is 0 Å². The predicted octanol–water partition coefficient (Wildman–Crippen LogP) is 2.95. The van der Waals surface area contributed by atoms with E-state index in [2.05, 4.69) is 0 Å². The molecule has 0 saturated carbocycles. The molecule has 1 unspecified atom stereocenters. The van der Waals surface area contributed by atoms with Crippen molar-refractivity contribution in [1.82, 2.24) is 4.90 Å². The number of carbonyl (C=O) groups is 1. The Hall–Kier alpha value is -0.770. The topological polar surface area (TPSA) is 46.3 Å². The highest BCUT2D eigenvalue weighted by Gasteiger charge is 2.27. The Bertz CT molecular complexity index is 451. The highest BCUT2D eigenvalue weighted by molar-refractivity contribution is 6.43. The molecule has 0 spiro atoms. The molecule has 1 aromatic carbocycles. The van der Waals surface area contributed by atoms with Crippen LogP contribution in [0.4, 0.5) is 0 Å². The lowest BCUT2D eigenvalue weighted by Gasteiger charge is -2.35. The highest BCUT2D eigenvalue weighted by Crippen LogP contribution is 2.28. The van der Waals surface area contributed by atoms with E-state index in [4.69, 9.17) is 28.9 Å². The van der Waals surface area contributed by atoms with Crippen LogP contribution in [0.3, 0.4) is 0 Å². The fraction of sp³-hybridized carbons (Fsp3) is 0.462. The lowest BCUT2D eigenvalue weighted by molar-refractivity contribution is 0.0623. The van der Waals surface area contributed by atoms with E-state index >= 15 is 0 Å². The number of rotatable bonds is 2. The Labute approximate surface area is 117 Å². The molecule has 1 amide bonds. The molecule has 1 aliphatic rings. The van der Waals surface area contributed by atoms with Crippen molar-refractivity contribution in [2.75, 3.05) is 13.1 Å². The fourth-order valence-corrected chi connectivity index (χ4v) is 2.72. The van der Waals surface area contributed by atoms with Crippen molar-refractivity contribution in [3.8, 4) is 0 Å². The van der Waals surface area contributed by atoms with E-state index in [1.165, 1.54) is 0 Å². The van der Waals surface area contributed by atoms with Crippen molar-refractivity contribution < 1.29 is 4.79 Å². The van der Waals surface area contributed by atoms with Crippen LogP contribution in [0, 0.1) is 0 Å². The maximum atomic E-state index is 12.5. The standard InChI is InChI=1S/C13H16Cl2N2O/c14-11-6-3-5-10(12(11)15)13(18)17-7-2-1-4-9(17)8-16/h3,5-6,9H,1-2,4,7-8,16H2. The summed E-state index contributed by atoms with van der Waals surface area (Å²) in [7, 11) is 0. The van der Waals surface area contributed by atoms with E-state index in [1.807, 2.05) is 4.90 Å². The van der Waals surface area contributed by atoms with E-state index < -0.39 is 0 Å². The molecule has 1 aromatic rings. The van der Waals surface area contributed by atoms with Gasteiger partial charge in [0.1, 0.15) is 0 Å². The Kier molecular flexibility index (Phi) is 4.49. The van der Waals surface area contributed by atoms with Crippen LogP contribution in [0.1, 0.15) is 29.6 Å². The second-order valence-corrected chi connectivity index (χ2v) is 5.27. The molecule has 98 valence electrons. The first-order valence-corrected chi connectivity index (χ1v) is 6.85. The normalized spacial score (nSPS) is 19.9. The van der Waals surface area contributed by atoms with E-state index in [1.54, 1.807) is 18.2 Å². The molecule has 5 heteroatoms. The van der Waals surface area contributed by atoms with Crippen LogP contribution in [0.2, 0.25) is 10.0 Å². The minimum atomic E-state index is -0.0716. The number of hydrogen-bond acceptors (Lipinski definition) is 2. The minimum Gasteiger partial charge on any atom is -0.334 e. The Morgan fingerprint density at radius 1 is 1.39 bits per heavy atom. The van der Waals surface area contributed by atoms with Crippen LogP contribution in [0.25, 0.3) is 0 Å². The smallest absolute Gasteiger partial charge is 0.255 e. The van der Waals surface area contributed by atoms with Crippen LogP contribution in [0.15, 0.2) is 18.2 Å². The Morgan fingerprint density at radius 2 is 2.17 bits per heavy atom.